The van der Waals surface area contributed by atoms with E-state index >= 15 is 0 Å². The van der Waals surface area contributed by atoms with E-state index in [-0.39, 0.29) is 12.6 Å². The lowest BCUT2D eigenvalue weighted by Gasteiger charge is -2.27. The van der Waals surface area contributed by atoms with E-state index in [0.717, 1.165) is 23.6 Å². The number of guanidine groups is 1. The summed E-state index contributed by atoms with van der Waals surface area (Å²) in [6.45, 7) is 5.82. The number of hydrogen-bond donors (Lipinski definition) is 3. The van der Waals surface area contributed by atoms with Gasteiger partial charge in [0.25, 0.3) is 0 Å². The Morgan fingerprint density at radius 2 is 2.12 bits per heavy atom. The monoisotopic (exact) mass is 375 g/mol. The summed E-state index contributed by atoms with van der Waals surface area (Å²) >= 11 is 1.56. The van der Waals surface area contributed by atoms with Gasteiger partial charge in [0.1, 0.15) is 18.3 Å². The van der Waals surface area contributed by atoms with Crippen molar-refractivity contribution >= 4 is 17.3 Å². The van der Waals surface area contributed by atoms with E-state index in [9.17, 15) is 5.11 Å². The second kappa shape index (κ2) is 8.42. The van der Waals surface area contributed by atoms with Gasteiger partial charge >= 0.3 is 0 Å². The predicted molar refractivity (Wildman–Crippen MR) is 104 cm³/mol. The molecule has 0 amide bonds. The van der Waals surface area contributed by atoms with Gasteiger partial charge in [-0.1, -0.05) is 12.1 Å². The Labute approximate surface area is 157 Å². The number of aliphatic hydroxyl groups is 1. The zero-order valence-corrected chi connectivity index (χ0v) is 15.9. The number of fused-ring (bicyclic) bond motifs is 1. The van der Waals surface area contributed by atoms with E-state index in [4.69, 9.17) is 9.47 Å². The van der Waals surface area contributed by atoms with Crippen molar-refractivity contribution < 1.29 is 14.6 Å². The summed E-state index contributed by atoms with van der Waals surface area (Å²) in [5.41, 5.74) is -0.117. The molecule has 6 nitrogen and oxygen atoms in total. The molecule has 0 fully saturated rings. The summed E-state index contributed by atoms with van der Waals surface area (Å²) in [7, 11) is 0. The second-order valence-electron chi connectivity index (χ2n) is 6.36. The number of hydrogen-bond acceptors (Lipinski definition) is 5. The van der Waals surface area contributed by atoms with Crippen LogP contribution in [0.15, 0.2) is 46.1 Å². The Morgan fingerprint density at radius 1 is 1.31 bits per heavy atom. The number of nitrogens with zero attached hydrogens (tertiary/aromatic N) is 1. The molecule has 140 valence electrons. The molecule has 0 spiro atoms. The van der Waals surface area contributed by atoms with E-state index in [2.05, 4.69) is 15.6 Å². The average molecular weight is 375 g/mol. The molecule has 2 unspecified atom stereocenters. The van der Waals surface area contributed by atoms with E-state index < -0.39 is 5.60 Å². The van der Waals surface area contributed by atoms with Gasteiger partial charge in [0.15, 0.2) is 17.5 Å². The van der Waals surface area contributed by atoms with Crippen molar-refractivity contribution in [3.8, 4) is 11.5 Å². The number of rotatable bonds is 6. The molecule has 0 radical (unpaired) electrons. The summed E-state index contributed by atoms with van der Waals surface area (Å²) in [5.74, 6) is 2.18. The highest BCUT2D eigenvalue weighted by Gasteiger charge is 2.24. The fourth-order valence-electron chi connectivity index (χ4n) is 2.61. The third kappa shape index (κ3) is 4.68. The molecule has 0 aliphatic carbocycles. The molecule has 3 N–H and O–H groups in total. The van der Waals surface area contributed by atoms with E-state index in [0.29, 0.717) is 19.1 Å². The Bertz CT molecular complexity index is 731. The first-order valence-electron chi connectivity index (χ1n) is 8.74. The SMILES string of the molecule is CCNC(=NCC(C)(O)c1ccsc1)NCC1COc2ccccc2O1. The average Bonchev–Trinajstić information content (AvgIpc) is 3.19. The van der Waals surface area contributed by atoms with Gasteiger partial charge < -0.3 is 25.2 Å². The minimum absolute atomic E-state index is 0.105. The number of nitrogens with one attached hydrogen (secondary N) is 2. The molecule has 1 aliphatic rings. The third-order valence-electron chi connectivity index (χ3n) is 4.10. The molecular formula is C19H25N3O3S. The molecule has 26 heavy (non-hydrogen) atoms. The maximum atomic E-state index is 10.6. The first-order chi connectivity index (χ1) is 12.6. The van der Waals surface area contributed by atoms with Crippen LogP contribution in [-0.2, 0) is 5.60 Å². The van der Waals surface area contributed by atoms with Gasteiger partial charge in [-0.2, -0.15) is 11.3 Å². The van der Waals surface area contributed by atoms with Crippen molar-refractivity contribution in [3.63, 3.8) is 0 Å². The lowest BCUT2D eigenvalue weighted by molar-refractivity contribution is 0.0676. The van der Waals surface area contributed by atoms with Gasteiger partial charge in [0.05, 0.1) is 13.1 Å². The lowest BCUT2D eigenvalue weighted by atomic mass is 10.00. The minimum atomic E-state index is -0.994. The van der Waals surface area contributed by atoms with Crippen molar-refractivity contribution in [1.82, 2.24) is 10.6 Å². The topological polar surface area (TPSA) is 75.1 Å². The molecular weight excluding hydrogens is 350 g/mol. The molecule has 1 aliphatic heterocycles. The van der Waals surface area contributed by atoms with Crippen LogP contribution < -0.4 is 20.1 Å². The second-order valence-corrected chi connectivity index (χ2v) is 7.14. The van der Waals surface area contributed by atoms with Crippen molar-refractivity contribution in [2.75, 3.05) is 26.2 Å². The van der Waals surface area contributed by atoms with Crippen molar-refractivity contribution in [2.24, 2.45) is 4.99 Å². The van der Waals surface area contributed by atoms with Crippen molar-refractivity contribution in [2.45, 2.75) is 25.6 Å². The highest BCUT2D eigenvalue weighted by Crippen LogP contribution is 2.30. The lowest BCUT2D eigenvalue weighted by Crippen LogP contribution is -2.45. The number of ether oxygens (including phenoxy) is 2. The first kappa shape index (κ1) is 18.5. The van der Waals surface area contributed by atoms with Gasteiger partial charge in [0, 0.05) is 6.54 Å². The standard InChI is InChI=1S/C19H25N3O3S/c1-3-20-18(22-13-19(2,23)14-8-9-26-12-14)21-10-15-11-24-16-6-4-5-7-17(16)25-15/h4-9,12,15,23H,3,10-11,13H2,1-2H3,(H2,20,21,22). The first-order valence-corrected chi connectivity index (χ1v) is 9.68. The Hall–Kier alpha value is -2.25. The number of benzene rings is 1. The van der Waals surface area contributed by atoms with Crippen LogP contribution in [0.2, 0.25) is 0 Å². The van der Waals surface area contributed by atoms with Crippen LogP contribution in [0, 0.1) is 0 Å². The smallest absolute Gasteiger partial charge is 0.191 e. The van der Waals surface area contributed by atoms with Crippen LogP contribution in [0.25, 0.3) is 0 Å². The number of thiophene rings is 1. The van der Waals surface area contributed by atoms with Crippen molar-refractivity contribution in [1.29, 1.82) is 0 Å². The van der Waals surface area contributed by atoms with Gasteiger partial charge in [-0.3, -0.25) is 0 Å². The summed E-state index contributed by atoms with van der Waals surface area (Å²) < 4.78 is 11.7. The molecule has 1 aromatic carbocycles. The van der Waals surface area contributed by atoms with Crippen LogP contribution in [0.1, 0.15) is 19.4 Å². The van der Waals surface area contributed by atoms with Gasteiger partial charge in [0.2, 0.25) is 0 Å². The highest BCUT2D eigenvalue weighted by atomic mass is 32.1. The highest BCUT2D eigenvalue weighted by molar-refractivity contribution is 7.08. The van der Waals surface area contributed by atoms with Crippen LogP contribution in [0.3, 0.4) is 0 Å². The van der Waals surface area contributed by atoms with E-state index in [1.54, 1.807) is 18.3 Å². The molecule has 0 saturated carbocycles. The van der Waals surface area contributed by atoms with Gasteiger partial charge in [-0.15, -0.1) is 0 Å². The quantitative estimate of drug-likeness (QED) is 0.534. The molecule has 0 saturated heterocycles. The zero-order chi connectivity index (χ0) is 18.4. The normalized spacial score (nSPS) is 18.9. The Balaban J connectivity index is 1.57. The molecule has 2 aromatic rings. The summed E-state index contributed by atoms with van der Waals surface area (Å²) in [6, 6.07) is 9.58. The largest absolute Gasteiger partial charge is 0.486 e. The minimum Gasteiger partial charge on any atom is -0.486 e. The predicted octanol–water partition coefficient (Wildman–Crippen LogP) is 2.35. The third-order valence-corrected chi connectivity index (χ3v) is 4.78. The molecule has 0 bridgehead atoms. The molecule has 2 heterocycles. The Morgan fingerprint density at radius 3 is 2.85 bits per heavy atom. The van der Waals surface area contributed by atoms with Crippen LogP contribution in [-0.4, -0.2) is 43.4 Å². The van der Waals surface area contributed by atoms with Gasteiger partial charge in [-0.25, -0.2) is 4.99 Å². The fourth-order valence-corrected chi connectivity index (χ4v) is 3.39. The summed E-state index contributed by atoms with van der Waals surface area (Å²) in [5, 5.41) is 21.0. The molecule has 3 rings (SSSR count). The number of para-hydroxylation sites is 2. The summed E-state index contributed by atoms with van der Waals surface area (Å²) in [4.78, 5) is 4.52. The molecule has 7 heteroatoms. The maximum Gasteiger partial charge on any atom is 0.191 e. The van der Waals surface area contributed by atoms with Gasteiger partial charge in [-0.05, 0) is 48.4 Å². The van der Waals surface area contributed by atoms with Crippen molar-refractivity contribution in [3.05, 3.63) is 46.7 Å². The fraction of sp³-hybridized carbons (Fsp3) is 0.421. The molecule has 2 atom stereocenters. The number of aliphatic imine (C=N–C) groups is 1. The molecule has 1 aromatic heterocycles. The maximum absolute atomic E-state index is 10.6. The Kier molecular flexibility index (Phi) is 6.00. The van der Waals surface area contributed by atoms with Crippen LogP contribution >= 0.6 is 11.3 Å². The van der Waals surface area contributed by atoms with E-state index in [1.807, 2.05) is 48.0 Å². The zero-order valence-electron chi connectivity index (χ0n) is 15.1. The van der Waals surface area contributed by atoms with Crippen LogP contribution in [0.5, 0.6) is 11.5 Å². The summed E-state index contributed by atoms with van der Waals surface area (Å²) in [6.07, 6.45) is -0.105. The van der Waals surface area contributed by atoms with Crippen LogP contribution in [0.4, 0.5) is 0 Å². The van der Waals surface area contributed by atoms with E-state index in [1.165, 1.54) is 0 Å².